The van der Waals surface area contributed by atoms with Crippen molar-refractivity contribution in [3.63, 3.8) is 0 Å². The summed E-state index contributed by atoms with van der Waals surface area (Å²) in [7, 11) is 0. The maximum absolute atomic E-state index is 13.5. The number of fused-ring (bicyclic) bond motifs is 2. The van der Waals surface area contributed by atoms with Crippen LogP contribution in [-0.4, -0.2) is 57.1 Å². The smallest absolute Gasteiger partial charge is 0.320 e. The van der Waals surface area contributed by atoms with E-state index in [1.165, 1.54) is 0 Å². The number of carbonyl (C=O) groups is 1. The zero-order chi connectivity index (χ0) is 25.6. The van der Waals surface area contributed by atoms with E-state index in [1.807, 2.05) is 41.0 Å². The molecule has 0 saturated carbocycles. The molecule has 2 amide bonds. The van der Waals surface area contributed by atoms with Crippen LogP contribution in [0.4, 0.5) is 4.79 Å². The van der Waals surface area contributed by atoms with Crippen LogP contribution < -0.4 is 4.74 Å². The zero-order valence-electron chi connectivity index (χ0n) is 20.7. The van der Waals surface area contributed by atoms with Gasteiger partial charge in [-0.3, -0.25) is 0 Å². The normalized spacial score (nSPS) is 17.3. The number of hydrogen-bond donors (Lipinski definition) is 2. The number of carbonyl (C=O) groups excluding carboxylic acids is 1. The Hall–Kier alpha value is -3.55. The number of ether oxygens (including phenoxy) is 1. The SMILES string of the molecule is Cc1nc2ccc(-c3ccc4c(c3)CN(C(=O)N3CCC(O)(c5ccc(Cl)cc5)CC3)CCO4)cc2[nH]1. The second kappa shape index (κ2) is 9.39. The number of rotatable bonds is 2. The van der Waals surface area contributed by atoms with Crippen molar-refractivity contribution in [3.05, 3.63) is 82.6 Å². The molecule has 190 valence electrons. The third-order valence-electron chi connectivity index (χ3n) is 7.49. The van der Waals surface area contributed by atoms with Crippen molar-refractivity contribution in [3.8, 4) is 16.9 Å². The van der Waals surface area contributed by atoms with E-state index in [2.05, 4.69) is 34.2 Å². The predicted octanol–water partition coefficient (Wildman–Crippen LogP) is 5.49. The molecular formula is C29H29ClN4O3. The van der Waals surface area contributed by atoms with Crippen LogP contribution in [0.2, 0.25) is 5.02 Å². The van der Waals surface area contributed by atoms with Crippen molar-refractivity contribution < 1.29 is 14.6 Å². The van der Waals surface area contributed by atoms with Crippen LogP contribution in [0.3, 0.4) is 0 Å². The van der Waals surface area contributed by atoms with E-state index in [0.717, 1.165) is 44.9 Å². The van der Waals surface area contributed by atoms with Gasteiger partial charge in [0.15, 0.2) is 0 Å². The highest BCUT2D eigenvalue weighted by Gasteiger charge is 2.37. The number of hydrogen-bond acceptors (Lipinski definition) is 4. The van der Waals surface area contributed by atoms with Gasteiger partial charge in [0, 0.05) is 23.7 Å². The maximum atomic E-state index is 13.5. The summed E-state index contributed by atoms with van der Waals surface area (Å²) in [6, 6.07) is 19.7. The van der Waals surface area contributed by atoms with Gasteiger partial charge in [-0.15, -0.1) is 0 Å². The molecular weight excluding hydrogens is 488 g/mol. The standard InChI is InChI=1S/C29H29ClN4O3/c1-19-31-25-8-2-21(17-26(25)32-19)20-3-9-27-22(16-20)18-34(14-15-37-27)28(35)33-12-10-29(36,11-13-33)23-4-6-24(30)7-5-23/h2-9,16-17,36H,10-15,18H2,1H3,(H,31,32). The summed E-state index contributed by atoms with van der Waals surface area (Å²) >= 11 is 6.01. The molecule has 0 radical (unpaired) electrons. The molecule has 8 heteroatoms. The first kappa shape index (κ1) is 23.8. The summed E-state index contributed by atoms with van der Waals surface area (Å²) in [6.07, 6.45) is 0.974. The number of aliphatic hydroxyl groups is 1. The summed E-state index contributed by atoms with van der Waals surface area (Å²) in [4.78, 5) is 25.0. The van der Waals surface area contributed by atoms with E-state index in [-0.39, 0.29) is 6.03 Å². The lowest BCUT2D eigenvalue weighted by atomic mass is 9.84. The number of aromatic nitrogens is 2. The van der Waals surface area contributed by atoms with Gasteiger partial charge < -0.3 is 24.6 Å². The Kier molecular flexibility index (Phi) is 6.05. The fraction of sp³-hybridized carbons (Fsp3) is 0.310. The lowest BCUT2D eigenvalue weighted by Gasteiger charge is -2.40. The quantitative estimate of drug-likeness (QED) is 0.369. The number of likely N-dealkylation sites (tertiary alicyclic amines) is 1. The minimum absolute atomic E-state index is 0.0191. The van der Waals surface area contributed by atoms with Crippen molar-refractivity contribution in [1.29, 1.82) is 0 Å². The van der Waals surface area contributed by atoms with E-state index in [1.54, 1.807) is 12.1 Å². The van der Waals surface area contributed by atoms with Crippen LogP contribution in [0, 0.1) is 6.92 Å². The van der Waals surface area contributed by atoms with Crippen molar-refractivity contribution in [2.75, 3.05) is 26.2 Å². The molecule has 37 heavy (non-hydrogen) atoms. The minimum atomic E-state index is -0.945. The highest BCUT2D eigenvalue weighted by atomic mass is 35.5. The molecule has 1 saturated heterocycles. The van der Waals surface area contributed by atoms with Gasteiger partial charge in [0.05, 0.1) is 29.7 Å². The number of benzene rings is 3. The van der Waals surface area contributed by atoms with Crippen LogP contribution in [0.5, 0.6) is 5.75 Å². The monoisotopic (exact) mass is 516 g/mol. The largest absolute Gasteiger partial charge is 0.491 e. The number of urea groups is 1. The molecule has 2 aliphatic heterocycles. The number of imidazole rings is 1. The van der Waals surface area contributed by atoms with Crippen LogP contribution >= 0.6 is 11.6 Å². The molecule has 3 heterocycles. The summed E-state index contributed by atoms with van der Waals surface area (Å²) < 4.78 is 6.00. The third-order valence-corrected chi connectivity index (χ3v) is 7.74. The Morgan fingerprint density at radius 2 is 1.73 bits per heavy atom. The van der Waals surface area contributed by atoms with Gasteiger partial charge in [-0.25, -0.2) is 9.78 Å². The third kappa shape index (κ3) is 4.65. The van der Waals surface area contributed by atoms with Gasteiger partial charge >= 0.3 is 6.03 Å². The average Bonchev–Trinajstić information content (AvgIpc) is 3.14. The van der Waals surface area contributed by atoms with E-state index in [9.17, 15) is 9.90 Å². The number of amides is 2. The topological polar surface area (TPSA) is 81.7 Å². The van der Waals surface area contributed by atoms with Crippen molar-refractivity contribution in [2.24, 2.45) is 0 Å². The van der Waals surface area contributed by atoms with Crippen LogP contribution in [-0.2, 0) is 12.1 Å². The number of H-pyrrole nitrogens is 1. The van der Waals surface area contributed by atoms with Crippen LogP contribution in [0.15, 0.2) is 60.7 Å². The highest BCUT2D eigenvalue weighted by molar-refractivity contribution is 6.30. The number of halogens is 1. The first-order valence-corrected chi connectivity index (χ1v) is 13.0. The summed E-state index contributed by atoms with van der Waals surface area (Å²) in [5, 5.41) is 11.8. The average molecular weight is 517 g/mol. The molecule has 0 bridgehead atoms. The van der Waals surface area contributed by atoms with Crippen molar-refractivity contribution in [2.45, 2.75) is 31.9 Å². The highest BCUT2D eigenvalue weighted by Crippen LogP contribution is 2.35. The number of piperidine rings is 1. The molecule has 1 aromatic heterocycles. The molecule has 6 rings (SSSR count). The fourth-order valence-electron chi connectivity index (χ4n) is 5.37. The second-order valence-corrected chi connectivity index (χ2v) is 10.4. The van der Waals surface area contributed by atoms with Gasteiger partial charge in [-0.1, -0.05) is 35.9 Å². The van der Waals surface area contributed by atoms with E-state index in [4.69, 9.17) is 16.3 Å². The maximum Gasteiger partial charge on any atom is 0.320 e. The Labute approximate surface area is 220 Å². The molecule has 0 unspecified atom stereocenters. The molecule has 0 aliphatic carbocycles. The first-order valence-electron chi connectivity index (χ1n) is 12.6. The molecule has 4 aromatic rings. The zero-order valence-corrected chi connectivity index (χ0v) is 21.5. The Morgan fingerprint density at radius 1 is 1.00 bits per heavy atom. The lowest BCUT2D eigenvalue weighted by molar-refractivity contribution is -0.0201. The summed E-state index contributed by atoms with van der Waals surface area (Å²) in [5.41, 5.74) is 4.98. The van der Waals surface area contributed by atoms with Crippen molar-refractivity contribution >= 4 is 28.7 Å². The Bertz CT molecular complexity index is 1460. The first-order chi connectivity index (χ1) is 17.9. The van der Waals surface area contributed by atoms with Crippen molar-refractivity contribution in [1.82, 2.24) is 19.8 Å². The van der Waals surface area contributed by atoms with Crippen LogP contribution in [0.25, 0.3) is 22.2 Å². The minimum Gasteiger partial charge on any atom is -0.491 e. The second-order valence-electron chi connectivity index (χ2n) is 9.95. The molecule has 0 spiro atoms. The van der Waals surface area contributed by atoms with Gasteiger partial charge in [-0.2, -0.15) is 0 Å². The Morgan fingerprint density at radius 3 is 2.51 bits per heavy atom. The Balaban J connectivity index is 1.18. The van der Waals surface area contributed by atoms with E-state index in [0.29, 0.717) is 50.7 Å². The van der Waals surface area contributed by atoms with Gasteiger partial charge in [-0.05, 0) is 72.9 Å². The summed E-state index contributed by atoms with van der Waals surface area (Å²) in [5.74, 6) is 1.70. The lowest BCUT2D eigenvalue weighted by Crippen LogP contribution is -2.50. The number of aromatic amines is 1. The van der Waals surface area contributed by atoms with Gasteiger partial charge in [0.2, 0.25) is 0 Å². The van der Waals surface area contributed by atoms with E-state index < -0.39 is 5.60 Å². The number of aryl methyl sites for hydroxylation is 1. The van der Waals surface area contributed by atoms with E-state index >= 15 is 0 Å². The van der Waals surface area contributed by atoms with Gasteiger partial charge in [0.1, 0.15) is 18.2 Å². The molecule has 7 nitrogen and oxygen atoms in total. The fourth-order valence-corrected chi connectivity index (χ4v) is 5.50. The summed E-state index contributed by atoms with van der Waals surface area (Å²) in [6.45, 7) is 4.37. The van der Waals surface area contributed by atoms with Gasteiger partial charge in [0.25, 0.3) is 0 Å². The molecule has 2 aliphatic rings. The molecule has 1 fully saturated rings. The number of nitrogens with one attached hydrogen (secondary N) is 1. The number of nitrogens with zero attached hydrogens (tertiary/aromatic N) is 3. The molecule has 2 N–H and O–H groups in total. The predicted molar refractivity (Wildman–Crippen MR) is 144 cm³/mol. The molecule has 3 aromatic carbocycles. The molecule has 0 atom stereocenters. The van der Waals surface area contributed by atoms with Crippen LogP contribution in [0.1, 0.15) is 29.8 Å².